The van der Waals surface area contributed by atoms with Crippen LogP contribution in [0.5, 0.6) is 0 Å². The molecule has 0 aliphatic carbocycles. The van der Waals surface area contributed by atoms with Gasteiger partial charge >= 0.3 is 0 Å². The first-order valence-electron chi connectivity index (χ1n) is 8.13. The zero-order chi connectivity index (χ0) is 17.6. The van der Waals surface area contributed by atoms with Crippen LogP contribution in [0.15, 0.2) is 16.8 Å². The second kappa shape index (κ2) is 4.24. The van der Waals surface area contributed by atoms with Gasteiger partial charge < -0.3 is 4.74 Å². The highest BCUT2D eigenvalue weighted by Crippen LogP contribution is 2.61. The van der Waals surface area contributed by atoms with Crippen LogP contribution in [0.2, 0.25) is 0 Å². The number of hydrogen-bond donors (Lipinski definition) is 0. The molecule has 0 saturated carbocycles. The number of aromatic nitrogens is 2. The summed E-state index contributed by atoms with van der Waals surface area (Å²) in [6.07, 6.45) is 1.51. The monoisotopic (exact) mass is 338 g/mol. The van der Waals surface area contributed by atoms with E-state index in [-0.39, 0.29) is 28.4 Å². The summed E-state index contributed by atoms with van der Waals surface area (Å²) < 4.78 is 10.8. The Morgan fingerprint density at radius 1 is 1.12 bits per heavy atom. The predicted octanol–water partition coefficient (Wildman–Crippen LogP) is 1.54. The van der Waals surface area contributed by atoms with Crippen LogP contribution in [0.3, 0.4) is 0 Å². The molecule has 4 heterocycles. The van der Waals surface area contributed by atoms with Gasteiger partial charge in [0.1, 0.15) is 6.07 Å². The van der Waals surface area contributed by atoms with E-state index in [0.29, 0.717) is 5.69 Å². The second-order valence-electron chi connectivity index (χ2n) is 7.40. The number of benzene rings is 1. The summed E-state index contributed by atoms with van der Waals surface area (Å²) in [6, 6.07) is 5.07. The van der Waals surface area contributed by atoms with Crippen molar-refractivity contribution < 1.29 is 19.0 Å². The number of anilines is 1. The third-order valence-corrected chi connectivity index (χ3v) is 5.96. The Labute approximate surface area is 142 Å². The quantitative estimate of drug-likeness (QED) is 0.725. The lowest BCUT2D eigenvalue weighted by Gasteiger charge is -2.27. The van der Waals surface area contributed by atoms with Crippen molar-refractivity contribution in [1.82, 2.24) is 10.3 Å². The van der Waals surface area contributed by atoms with Gasteiger partial charge in [0.05, 0.1) is 34.3 Å². The molecule has 4 atom stereocenters. The number of carbonyl (C=O) groups is 2. The average molecular weight is 338 g/mol. The van der Waals surface area contributed by atoms with E-state index in [1.165, 1.54) is 11.0 Å². The minimum absolute atomic E-state index is 0.240. The van der Waals surface area contributed by atoms with E-state index in [1.54, 1.807) is 6.07 Å². The number of amides is 2. The number of carbonyl (C=O) groups excluding carboxylic acids is 2. The molecule has 5 rings (SSSR count). The molecule has 2 bridgehead atoms. The van der Waals surface area contributed by atoms with E-state index in [0.717, 1.165) is 12.8 Å². The Balaban J connectivity index is 1.68. The van der Waals surface area contributed by atoms with E-state index in [4.69, 9.17) is 14.6 Å². The molecule has 3 aliphatic rings. The normalized spacial score (nSPS) is 36.3. The number of rotatable bonds is 1. The molecule has 0 spiro atoms. The van der Waals surface area contributed by atoms with E-state index in [2.05, 4.69) is 10.3 Å². The average Bonchev–Trinajstić information content (AvgIpc) is 3.28. The van der Waals surface area contributed by atoms with Gasteiger partial charge in [-0.3, -0.25) is 9.59 Å². The van der Waals surface area contributed by atoms with Crippen LogP contribution in [-0.4, -0.2) is 33.3 Å². The first kappa shape index (κ1) is 14.5. The smallest absolute Gasteiger partial charge is 0.240 e. The van der Waals surface area contributed by atoms with Gasteiger partial charge in [-0.15, -0.1) is 0 Å². The fourth-order valence-corrected chi connectivity index (χ4v) is 4.83. The minimum Gasteiger partial charge on any atom is -0.367 e. The fraction of sp³-hybridized carbons (Fsp3) is 0.471. The molecule has 3 unspecified atom stereocenters. The van der Waals surface area contributed by atoms with Crippen molar-refractivity contribution in [2.45, 2.75) is 37.9 Å². The highest BCUT2D eigenvalue weighted by atomic mass is 16.6. The van der Waals surface area contributed by atoms with Crippen molar-refractivity contribution >= 4 is 28.5 Å². The predicted molar refractivity (Wildman–Crippen MR) is 83.1 cm³/mol. The Bertz CT molecular complexity index is 974. The van der Waals surface area contributed by atoms with Crippen molar-refractivity contribution in [2.24, 2.45) is 11.8 Å². The van der Waals surface area contributed by atoms with Crippen LogP contribution in [0, 0.1) is 23.2 Å². The van der Waals surface area contributed by atoms with Gasteiger partial charge in [0.15, 0.2) is 11.0 Å². The van der Waals surface area contributed by atoms with E-state index in [1.807, 2.05) is 19.9 Å². The summed E-state index contributed by atoms with van der Waals surface area (Å²) in [6.45, 7) is 3.81. The van der Waals surface area contributed by atoms with Crippen molar-refractivity contribution in [3.05, 3.63) is 17.7 Å². The zero-order valence-electron chi connectivity index (χ0n) is 13.6. The molecule has 2 amide bonds. The highest BCUT2D eigenvalue weighted by molar-refractivity contribution is 6.25. The summed E-state index contributed by atoms with van der Waals surface area (Å²) in [5.74, 6) is -1.56. The Morgan fingerprint density at radius 2 is 1.72 bits per heavy atom. The van der Waals surface area contributed by atoms with Crippen molar-refractivity contribution in [1.29, 1.82) is 5.26 Å². The molecule has 3 fully saturated rings. The van der Waals surface area contributed by atoms with Gasteiger partial charge in [0, 0.05) is 0 Å². The molecular formula is C17H14N4O4. The van der Waals surface area contributed by atoms with E-state index >= 15 is 0 Å². The SMILES string of the molecule is CC12CCC(C)(O1)[C@@H]1C(=O)N(c3ccc(C#N)c4nonc34)C(=O)C12. The van der Waals surface area contributed by atoms with Gasteiger partial charge in [-0.25, -0.2) is 9.53 Å². The maximum absolute atomic E-state index is 13.1. The third-order valence-electron chi connectivity index (χ3n) is 5.96. The summed E-state index contributed by atoms with van der Waals surface area (Å²) in [5.41, 5.74) is -0.157. The molecule has 1 aromatic heterocycles. The summed E-state index contributed by atoms with van der Waals surface area (Å²) in [5, 5.41) is 16.7. The summed E-state index contributed by atoms with van der Waals surface area (Å²) in [4.78, 5) is 27.4. The largest absolute Gasteiger partial charge is 0.367 e. The molecule has 8 nitrogen and oxygen atoms in total. The minimum atomic E-state index is -0.616. The molecule has 0 radical (unpaired) electrons. The van der Waals surface area contributed by atoms with Gasteiger partial charge in [-0.05, 0) is 49.1 Å². The Kier molecular flexibility index (Phi) is 2.47. The molecule has 126 valence electrons. The molecule has 3 aliphatic heterocycles. The van der Waals surface area contributed by atoms with E-state index in [9.17, 15) is 9.59 Å². The molecule has 8 heteroatoms. The van der Waals surface area contributed by atoms with Gasteiger partial charge in [0.25, 0.3) is 0 Å². The fourth-order valence-electron chi connectivity index (χ4n) is 4.83. The zero-order valence-corrected chi connectivity index (χ0v) is 13.6. The maximum Gasteiger partial charge on any atom is 0.240 e. The lowest BCUT2D eigenvalue weighted by atomic mass is 9.69. The second-order valence-corrected chi connectivity index (χ2v) is 7.40. The van der Waals surface area contributed by atoms with Gasteiger partial charge in [-0.2, -0.15) is 5.26 Å². The number of nitrogens with zero attached hydrogens (tertiary/aromatic N) is 4. The molecule has 0 N–H and O–H groups in total. The van der Waals surface area contributed by atoms with Gasteiger partial charge in [0.2, 0.25) is 11.8 Å². The van der Waals surface area contributed by atoms with Crippen molar-refractivity contribution in [2.75, 3.05) is 4.90 Å². The first-order chi connectivity index (χ1) is 11.9. The summed E-state index contributed by atoms with van der Waals surface area (Å²) >= 11 is 0. The maximum atomic E-state index is 13.1. The third kappa shape index (κ3) is 1.54. The first-order valence-corrected chi connectivity index (χ1v) is 8.13. The Morgan fingerprint density at radius 3 is 2.32 bits per heavy atom. The number of nitriles is 1. The number of hydrogen-bond acceptors (Lipinski definition) is 7. The lowest BCUT2D eigenvalue weighted by Crippen LogP contribution is -2.40. The van der Waals surface area contributed by atoms with Crippen molar-refractivity contribution in [3.63, 3.8) is 0 Å². The van der Waals surface area contributed by atoms with Crippen LogP contribution in [0.25, 0.3) is 11.0 Å². The van der Waals surface area contributed by atoms with E-state index < -0.39 is 23.0 Å². The number of imide groups is 1. The molecule has 25 heavy (non-hydrogen) atoms. The molecular weight excluding hydrogens is 324 g/mol. The summed E-state index contributed by atoms with van der Waals surface area (Å²) in [7, 11) is 0. The molecule has 2 aromatic rings. The standard InChI is InChI=1S/C17H14N4O4/c1-16-5-6-17(2,24-16)11-10(16)14(22)21(15(11)23)9-4-3-8(7-18)12-13(9)20-25-19-12/h3-4,10-11H,5-6H2,1-2H3/t10-,11?,16?,17?/m0/s1. The van der Waals surface area contributed by atoms with Gasteiger partial charge in [-0.1, -0.05) is 0 Å². The number of ether oxygens (including phenoxy) is 1. The lowest BCUT2D eigenvalue weighted by molar-refractivity contribution is -0.129. The number of fused-ring (bicyclic) bond motifs is 6. The van der Waals surface area contributed by atoms with Crippen LogP contribution < -0.4 is 4.90 Å². The Hall–Kier alpha value is -2.79. The van der Waals surface area contributed by atoms with Crippen LogP contribution in [-0.2, 0) is 14.3 Å². The highest BCUT2D eigenvalue weighted by Gasteiger charge is 2.72. The molecule has 3 saturated heterocycles. The van der Waals surface area contributed by atoms with Crippen LogP contribution in [0.4, 0.5) is 5.69 Å². The van der Waals surface area contributed by atoms with Crippen molar-refractivity contribution in [3.8, 4) is 6.07 Å². The van der Waals surface area contributed by atoms with Crippen LogP contribution in [0.1, 0.15) is 32.3 Å². The topological polar surface area (TPSA) is 109 Å². The van der Waals surface area contributed by atoms with Crippen LogP contribution >= 0.6 is 0 Å². The molecule has 1 aromatic carbocycles.